The second-order valence-corrected chi connectivity index (χ2v) is 16.1. The van der Waals surface area contributed by atoms with Gasteiger partial charge in [0, 0.05) is 72.9 Å². The number of aromatic nitrogens is 3. The van der Waals surface area contributed by atoms with Crippen molar-refractivity contribution in [2.24, 2.45) is 18.7 Å². The lowest BCUT2D eigenvalue weighted by atomic mass is 9.92. The molecule has 5 aromatic rings. The lowest BCUT2D eigenvalue weighted by molar-refractivity contribution is -0.135. The molecule has 0 radical (unpaired) electrons. The molecular weight excluding hydrogens is 679 g/mol. The van der Waals surface area contributed by atoms with Gasteiger partial charge in [-0.1, -0.05) is 0 Å². The van der Waals surface area contributed by atoms with E-state index in [1.807, 2.05) is 18.2 Å². The van der Waals surface area contributed by atoms with Crippen LogP contribution in [0.5, 0.6) is 0 Å². The van der Waals surface area contributed by atoms with E-state index in [2.05, 4.69) is 44.3 Å². The Morgan fingerprint density at radius 2 is 1.79 bits per heavy atom. The quantitative estimate of drug-likeness (QED) is 0.213. The molecule has 3 aromatic heterocycles. The molecule has 1 unspecified atom stereocenters. The van der Waals surface area contributed by atoms with E-state index in [-0.39, 0.29) is 23.6 Å². The van der Waals surface area contributed by atoms with Gasteiger partial charge in [-0.05, 0) is 93.5 Å². The summed E-state index contributed by atoms with van der Waals surface area (Å²) < 4.78 is 4.09. The standard InChI is InChI=1S/C38H43N9O4S/c1-43-28-20-23(2-5-26(28)47(37(43)51)27-6-9-31(48)42-36(27)50)44-15-10-22(11-16-44)12-17-46-19-18-45(21-38(46)13-14-38)30-8-3-24-25(41-30)4-7-29-32(24)33(39)34(52-29)35(40)49/h2-5,7-8,20,22,27H,6,9-19,21,39H2,1H3,(H2,40,49)(H,42,48,50). The number of nitrogens with two attached hydrogens (primary N) is 2. The van der Waals surface area contributed by atoms with Crippen LogP contribution in [-0.2, 0) is 16.6 Å². The first-order chi connectivity index (χ1) is 25.1. The number of aryl methyl sites for hydroxylation is 1. The number of amides is 3. The largest absolute Gasteiger partial charge is 0.397 e. The average Bonchev–Trinajstić information content (AvgIpc) is 3.76. The summed E-state index contributed by atoms with van der Waals surface area (Å²) in [5, 5.41) is 4.19. The number of benzene rings is 2. The van der Waals surface area contributed by atoms with E-state index in [0.717, 1.165) is 95.6 Å². The highest BCUT2D eigenvalue weighted by molar-refractivity contribution is 7.21. The zero-order valence-corrected chi connectivity index (χ0v) is 30.1. The zero-order valence-electron chi connectivity index (χ0n) is 29.3. The zero-order chi connectivity index (χ0) is 35.9. The number of nitrogen functional groups attached to an aromatic ring is 1. The predicted octanol–water partition coefficient (Wildman–Crippen LogP) is 3.72. The number of piperidine rings is 2. The molecule has 52 heavy (non-hydrogen) atoms. The van der Waals surface area contributed by atoms with Crippen molar-refractivity contribution < 1.29 is 14.4 Å². The van der Waals surface area contributed by atoms with E-state index in [9.17, 15) is 19.2 Å². The smallest absolute Gasteiger partial charge is 0.329 e. The van der Waals surface area contributed by atoms with E-state index in [4.69, 9.17) is 16.5 Å². The molecule has 0 bridgehead atoms. The number of hydrogen-bond donors (Lipinski definition) is 3. The number of nitrogens with one attached hydrogen (secondary N) is 1. The Hall–Kier alpha value is -4.95. The molecule has 14 heteroatoms. The van der Waals surface area contributed by atoms with Gasteiger partial charge in [-0.2, -0.15) is 0 Å². The van der Waals surface area contributed by atoms with E-state index in [1.165, 1.54) is 30.6 Å². The fraction of sp³-hybridized carbons (Fsp3) is 0.447. The number of carbonyl (C=O) groups is 3. The van der Waals surface area contributed by atoms with Gasteiger partial charge in [0.2, 0.25) is 11.8 Å². The van der Waals surface area contributed by atoms with Crippen LogP contribution < -0.4 is 32.3 Å². The lowest BCUT2D eigenvalue weighted by Crippen LogP contribution is -2.55. The molecule has 9 rings (SSSR count). The number of nitrogens with zero attached hydrogens (tertiary/aromatic N) is 6. The van der Waals surface area contributed by atoms with E-state index < -0.39 is 17.9 Å². The van der Waals surface area contributed by atoms with Gasteiger partial charge in [-0.3, -0.25) is 33.7 Å². The second-order valence-electron chi connectivity index (χ2n) is 15.1. The highest BCUT2D eigenvalue weighted by atomic mass is 32.1. The van der Waals surface area contributed by atoms with Gasteiger partial charge in [0.05, 0.1) is 22.2 Å². The summed E-state index contributed by atoms with van der Waals surface area (Å²) >= 11 is 1.33. The summed E-state index contributed by atoms with van der Waals surface area (Å²) in [6, 6.07) is 13.6. The fourth-order valence-electron chi connectivity index (χ4n) is 8.95. The molecule has 1 saturated carbocycles. The Kier molecular flexibility index (Phi) is 7.81. The van der Waals surface area contributed by atoms with Crippen LogP contribution in [0.15, 0.2) is 47.3 Å². The van der Waals surface area contributed by atoms with Gasteiger partial charge in [0.15, 0.2) is 0 Å². The Morgan fingerprint density at radius 1 is 0.981 bits per heavy atom. The minimum absolute atomic E-state index is 0.226. The van der Waals surface area contributed by atoms with Crippen molar-refractivity contribution in [3.05, 3.63) is 57.8 Å². The van der Waals surface area contributed by atoms with Gasteiger partial charge in [0.25, 0.3) is 5.91 Å². The van der Waals surface area contributed by atoms with Crippen molar-refractivity contribution in [3.8, 4) is 0 Å². The third-order valence-electron chi connectivity index (χ3n) is 12.1. The van der Waals surface area contributed by atoms with Crippen LogP contribution in [0, 0.1) is 5.92 Å². The number of pyridine rings is 1. The number of anilines is 3. The van der Waals surface area contributed by atoms with Crippen LogP contribution in [0.3, 0.4) is 0 Å². The number of rotatable bonds is 7. The topological polar surface area (TPSA) is 165 Å². The lowest BCUT2D eigenvalue weighted by Gasteiger charge is -2.43. The van der Waals surface area contributed by atoms with Gasteiger partial charge >= 0.3 is 5.69 Å². The first kappa shape index (κ1) is 32.9. The minimum atomic E-state index is -0.678. The maximum Gasteiger partial charge on any atom is 0.329 e. The molecule has 270 valence electrons. The Bertz CT molecular complexity index is 2350. The van der Waals surface area contributed by atoms with E-state index in [1.54, 1.807) is 16.2 Å². The molecule has 1 spiro atoms. The van der Waals surface area contributed by atoms with Gasteiger partial charge < -0.3 is 21.3 Å². The molecule has 1 atom stereocenters. The van der Waals surface area contributed by atoms with Crippen LogP contribution in [0.2, 0.25) is 0 Å². The molecule has 3 saturated heterocycles. The summed E-state index contributed by atoms with van der Waals surface area (Å²) in [5.74, 6) is 0.453. The fourth-order valence-corrected chi connectivity index (χ4v) is 9.94. The molecule has 4 aliphatic rings. The first-order valence-corrected chi connectivity index (χ1v) is 19.1. The average molecular weight is 722 g/mol. The SMILES string of the molecule is Cn1c(=O)n(C2CCC(=O)NC2=O)c2ccc(N3CCC(CCN4CCN(c5ccc6c(ccc7sc(C(N)=O)c(N)c76)n5)CC45CC5)CC3)cc21. The third-order valence-corrected chi connectivity index (χ3v) is 13.3. The summed E-state index contributed by atoms with van der Waals surface area (Å²) in [6.45, 7) is 5.99. The van der Waals surface area contributed by atoms with Crippen molar-refractivity contribution in [1.82, 2.24) is 24.3 Å². The normalized spacial score (nSPS) is 21.1. The molecule has 2 aromatic carbocycles. The molecule has 6 heterocycles. The van der Waals surface area contributed by atoms with Gasteiger partial charge in [-0.25, -0.2) is 9.78 Å². The van der Waals surface area contributed by atoms with Crippen LogP contribution >= 0.6 is 11.3 Å². The molecule has 13 nitrogen and oxygen atoms in total. The Morgan fingerprint density at radius 3 is 2.54 bits per heavy atom. The first-order valence-electron chi connectivity index (χ1n) is 18.3. The highest BCUT2D eigenvalue weighted by Crippen LogP contribution is 2.46. The molecule has 5 N–H and O–H groups in total. The van der Waals surface area contributed by atoms with E-state index in [0.29, 0.717) is 22.9 Å². The summed E-state index contributed by atoms with van der Waals surface area (Å²) in [4.78, 5) is 62.4. The van der Waals surface area contributed by atoms with Crippen LogP contribution in [-0.4, -0.2) is 81.5 Å². The number of thiophene rings is 1. The summed E-state index contributed by atoms with van der Waals surface area (Å²) in [5.41, 5.74) is 15.8. The Labute approximate surface area is 304 Å². The van der Waals surface area contributed by atoms with Crippen LogP contribution in [0.25, 0.3) is 32.0 Å². The summed E-state index contributed by atoms with van der Waals surface area (Å²) in [6.07, 6.45) is 6.44. The summed E-state index contributed by atoms with van der Waals surface area (Å²) in [7, 11) is 1.75. The number of imide groups is 1. The molecule has 3 aliphatic heterocycles. The second kappa shape index (κ2) is 12.3. The van der Waals surface area contributed by atoms with Crippen molar-refractivity contribution in [1.29, 1.82) is 0 Å². The molecule has 1 aliphatic carbocycles. The Balaban J connectivity index is 0.822. The minimum Gasteiger partial charge on any atom is -0.397 e. The van der Waals surface area contributed by atoms with Crippen molar-refractivity contribution in [3.63, 3.8) is 0 Å². The van der Waals surface area contributed by atoms with Crippen LogP contribution in [0.1, 0.15) is 60.7 Å². The van der Waals surface area contributed by atoms with Crippen LogP contribution in [0.4, 0.5) is 17.2 Å². The van der Waals surface area contributed by atoms with Crippen molar-refractivity contribution in [2.45, 2.75) is 56.5 Å². The maximum absolute atomic E-state index is 13.2. The predicted molar refractivity (Wildman–Crippen MR) is 204 cm³/mol. The monoisotopic (exact) mass is 721 g/mol. The highest BCUT2D eigenvalue weighted by Gasteiger charge is 2.51. The van der Waals surface area contributed by atoms with Gasteiger partial charge in [-0.15, -0.1) is 11.3 Å². The van der Waals surface area contributed by atoms with Crippen molar-refractivity contribution in [2.75, 3.05) is 54.8 Å². The number of piperazine rings is 1. The molecular formula is C38H43N9O4S. The number of imidazole rings is 1. The number of fused-ring (bicyclic) bond motifs is 4. The molecule has 4 fully saturated rings. The van der Waals surface area contributed by atoms with Gasteiger partial charge in [0.1, 0.15) is 16.7 Å². The maximum atomic E-state index is 13.2. The van der Waals surface area contributed by atoms with Crippen molar-refractivity contribution >= 4 is 78.3 Å². The number of primary amides is 1. The van der Waals surface area contributed by atoms with E-state index >= 15 is 0 Å². The number of carbonyl (C=O) groups excluding carboxylic acids is 3. The third kappa shape index (κ3) is 5.42. The number of hydrogen-bond acceptors (Lipinski definition) is 10. The molecule has 3 amide bonds.